The molecule has 0 aliphatic rings. The molecule has 1 N–H and O–H groups in total. The molecule has 0 aromatic carbocycles. The van der Waals surface area contributed by atoms with Gasteiger partial charge in [0, 0.05) is 6.42 Å². The molecule has 0 unspecified atom stereocenters. The van der Waals surface area contributed by atoms with Crippen LogP contribution in [0.3, 0.4) is 0 Å². The molecule has 0 aromatic heterocycles. The molecule has 0 rings (SSSR count). The summed E-state index contributed by atoms with van der Waals surface area (Å²) in [4.78, 5) is 19.5. The number of nitroso groups, excluding NO2 is 1. The maximum absolute atomic E-state index is 9.95. The zero-order chi connectivity index (χ0) is 7.82. The fourth-order valence-electron chi connectivity index (χ4n) is 0.629. The van der Waals surface area contributed by atoms with Crippen molar-refractivity contribution in [3.05, 3.63) is 4.91 Å². The highest BCUT2D eigenvalue weighted by Crippen LogP contribution is 1.99. The third-order valence-corrected chi connectivity index (χ3v) is 1.14. The fourth-order valence-corrected chi connectivity index (χ4v) is 0.629. The molecule has 0 heterocycles. The lowest BCUT2D eigenvalue weighted by Gasteiger charge is -1.92. The van der Waals surface area contributed by atoms with E-state index >= 15 is 0 Å². The second kappa shape index (κ2) is 6.19. The van der Waals surface area contributed by atoms with Crippen LogP contribution in [0.25, 0.3) is 0 Å². The molecule has 0 saturated carbocycles. The van der Waals surface area contributed by atoms with Gasteiger partial charge in [0.25, 0.3) is 0 Å². The van der Waals surface area contributed by atoms with Crippen LogP contribution in [0.15, 0.2) is 5.18 Å². The first-order chi connectivity index (χ1) is 4.77. The van der Waals surface area contributed by atoms with Crippen LogP contribution < -0.4 is 0 Å². The molecule has 0 saturated heterocycles. The lowest BCUT2D eigenvalue weighted by molar-refractivity contribution is -0.137. The molecule has 0 spiro atoms. The van der Waals surface area contributed by atoms with Gasteiger partial charge in [-0.3, -0.25) is 4.79 Å². The minimum atomic E-state index is -0.779. The number of hydrogen-bond donors (Lipinski definition) is 1. The van der Waals surface area contributed by atoms with E-state index in [0.717, 1.165) is 6.42 Å². The molecule has 0 fully saturated rings. The van der Waals surface area contributed by atoms with Crippen LogP contribution in [-0.2, 0) is 4.79 Å². The summed E-state index contributed by atoms with van der Waals surface area (Å²) in [6.07, 6.45) is 2.32. The Kier molecular flexibility index (Phi) is 5.62. The molecule has 4 heteroatoms. The molecule has 4 nitrogen and oxygen atoms in total. The number of hydrogen-bond acceptors (Lipinski definition) is 3. The largest absolute Gasteiger partial charge is 0.481 e. The Labute approximate surface area is 59.2 Å². The van der Waals surface area contributed by atoms with E-state index in [0.29, 0.717) is 19.4 Å². The third kappa shape index (κ3) is 7.07. The van der Waals surface area contributed by atoms with Gasteiger partial charge in [-0.2, -0.15) is 4.91 Å². The maximum Gasteiger partial charge on any atom is 0.303 e. The van der Waals surface area contributed by atoms with Crippen molar-refractivity contribution in [1.29, 1.82) is 0 Å². The highest BCUT2D eigenvalue weighted by molar-refractivity contribution is 5.66. The molecule has 0 bridgehead atoms. The van der Waals surface area contributed by atoms with Crippen molar-refractivity contribution in [2.45, 2.75) is 25.7 Å². The van der Waals surface area contributed by atoms with Crippen molar-refractivity contribution in [3.63, 3.8) is 0 Å². The highest BCUT2D eigenvalue weighted by atomic mass is 16.4. The smallest absolute Gasteiger partial charge is 0.303 e. The predicted octanol–water partition coefficient (Wildman–Crippen LogP) is 1.40. The Morgan fingerprint density at radius 3 is 2.50 bits per heavy atom. The SMILES string of the molecule is O=NCCCCCC(=O)O. The molecule has 0 aliphatic heterocycles. The Balaban J connectivity index is 2.90. The van der Waals surface area contributed by atoms with E-state index < -0.39 is 5.97 Å². The lowest BCUT2D eigenvalue weighted by Crippen LogP contribution is -1.93. The van der Waals surface area contributed by atoms with Crippen LogP contribution in [0, 0.1) is 4.91 Å². The van der Waals surface area contributed by atoms with E-state index in [4.69, 9.17) is 5.11 Å². The number of nitrogens with zero attached hydrogens (tertiary/aromatic N) is 1. The third-order valence-electron chi connectivity index (χ3n) is 1.14. The van der Waals surface area contributed by atoms with E-state index in [-0.39, 0.29) is 6.42 Å². The van der Waals surface area contributed by atoms with E-state index in [1.807, 2.05) is 0 Å². The van der Waals surface area contributed by atoms with Gasteiger partial charge in [0.1, 0.15) is 0 Å². The standard InChI is InChI=1S/C6H11NO3/c8-6(9)4-2-1-3-5-7-10/h1-5H2,(H,8,9). The summed E-state index contributed by atoms with van der Waals surface area (Å²) >= 11 is 0. The van der Waals surface area contributed by atoms with Crippen molar-refractivity contribution >= 4 is 5.97 Å². The Bertz CT molecular complexity index is 114. The average Bonchev–Trinajstić information content (AvgIpc) is 1.87. The van der Waals surface area contributed by atoms with Crippen LogP contribution in [0.5, 0.6) is 0 Å². The fraction of sp³-hybridized carbons (Fsp3) is 0.833. The average molecular weight is 145 g/mol. The van der Waals surface area contributed by atoms with Crippen molar-refractivity contribution in [2.24, 2.45) is 5.18 Å². The summed E-state index contributed by atoms with van der Waals surface area (Å²) in [6.45, 7) is 0.305. The number of rotatable bonds is 6. The molecular formula is C6H11NO3. The van der Waals surface area contributed by atoms with Crippen molar-refractivity contribution in [1.82, 2.24) is 0 Å². The van der Waals surface area contributed by atoms with Crippen LogP contribution >= 0.6 is 0 Å². The van der Waals surface area contributed by atoms with Crippen LogP contribution in [0.2, 0.25) is 0 Å². The Hall–Kier alpha value is -0.930. The second-order valence-corrected chi connectivity index (χ2v) is 2.06. The predicted molar refractivity (Wildman–Crippen MR) is 36.8 cm³/mol. The van der Waals surface area contributed by atoms with Gasteiger partial charge in [-0.1, -0.05) is 11.6 Å². The number of aliphatic carboxylic acids is 1. The first-order valence-corrected chi connectivity index (χ1v) is 3.28. The summed E-state index contributed by atoms with van der Waals surface area (Å²) in [7, 11) is 0. The van der Waals surface area contributed by atoms with Crippen molar-refractivity contribution < 1.29 is 9.90 Å². The van der Waals surface area contributed by atoms with E-state index in [9.17, 15) is 9.70 Å². The molecule has 0 aliphatic carbocycles. The van der Waals surface area contributed by atoms with Gasteiger partial charge in [0.15, 0.2) is 0 Å². The van der Waals surface area contributed by atoms with Gasteiger partial charge in [-0.05, 0) is 12.8 Å². The van der Waals surface area contributed by atoms with Crippen molar-refractivity contribution in [3.8, 4) is 0 Å². The second-order valence-electron chi connectivity index (χ2n) is 2.06. The zero-order valence-corrected chi connectivity index (χ0v) is 5.75. The quantitative estimate of drug-likeness (QED) is 0.453. The monoisotopic (exact) mass is 145 g/mol. The van der Waals surface area contributed by atoms with E-state index in [1.54, 1.807) is 0 Å². The Morgan fingerprint density at radius 1 is 1.30 bits per heavy atom. The molecule has 0 radical (unpaired) electrons. The molecule has 10 heavy (non-hydrogen) atoms. The van der Waals surface area contributed by atoms with E-state index in [2.05, 4.69) is 5.18 Å². The normalized spacial score (nSPS) is 9.20. The van der Waals surface area contributed by atoms with E-state index in [1.165, 1.54) is 0 Å². The minimum Gasteiger partial charge on any atom is -0.481 e. The number of carboxylic acids is 1. The lowest BCUT2D eigenvalue weighted by atomic mass is 10.2. The summed E-state index contributed by atoms with van der Waals surface area (Å²) in [5.41, 5.74) is 0. The number of carbonyl (C=O) groups is 1. The maximum atomic E-state index is 9.95. The number of unbranched alkanes of at least 4 members (excludes halogenated alkanes) is 2. The molecule has 58 valence electrons. The summed E-state index contributed by atoms with van der Waals surface area (Å²) in [6, 6.07) is 0. The molecule has 0 atom stereocenters. The van der Waals surface area contributed by atoms with Crippen molar-refractivity contribution in [2.75, 3.05) is 6.54 Å². The molecule has 0 aromatic rings. The minimum absolute atomic E-state index is 0.193. The van der Waals surface area contributed by atoms with Gasteiger partial charge in [0.2, 0.25) is 0 Å². The van der Waals surface area contributed by atoms with Gasteiger partial charge in [-0.15, -0.1) is 0 Å². The first kappa shape index (κ1) is 9.07. The van der Waals surface area contributed by atoms with Gasteiger partial charge in [-0.25, -0.2) is 0 Å². The summed E-state index contributed by atoms with van der Waals surface area (Å²) in [5.74, 6) is -0.779. The summed E-state index contributed by atoms with van der Waals surface area (Å²) in [5, 5.41) is 10.8. The summed E-state index contributed by atoms with van der Waals surface area (Å²) < 4.78 is 0. The van der Waals surface area contributed by atoms with Gasteiger partial charge < -0.3 is 5.11 Å². The first-order valence-electron chi connectivity index (χ1n) is 3.28. The molecular weight excluding hydrogens is 134 g/mol. The molecule has 0 amide bonds. The van der Waals surface area contributed by atoms with Crippen LogP contribution in [0.1, 0.15) is 25.7 Å². The number of carboxylic acid groups (broad SMARTS) is 1. The van der Waals surface area contributed by atoms with Gasteiger partial charge >= 0.3 is 5.97 Å². The van der Waals surface area contributed by atoms with Crippen LogP contribution in [0.4, 0.5) is 0 Å². The Morgan fingerprint density at radius 2 is 2.00 bits per heavy atom. The van der Waals surface area contributed by atoms with Crippen LogP contribution in [-0.4, -0.2) is 17.6 Å². The van der Waals surface area contributed by atoms with Gasteiger partial charge in [0.05, 0.1) is 6.54 Å². The highest BCUT2D eigenvalue weighted by Gasteiger charge is 1.95. The topological polar surface area (TPSA) is 66.7 Å². The zero-order valence-electron chi connectivity index (χ0n) is 5.75.